The standard InChI is InChI=1S/C17H25N3O4S.ClH/c1-11(17(21)20-9-12-3-8-16(18)15(12)10-20)19-25(22,23)14-6-4-13(24-2)5-7-14;/h4-7,11-12,15-16,19H,3,8-10,18H2,1-2H3;1H/t11-,12?,15?,16?;/m0./s1. The van der Waals surface area contributed by atoms with Gasteiger partial charge in [-0.1, -0.05) is 0 Å². The second kappa shape index (κ2) is 8.12. The van der Waals surface area contributed by atoms with Crippen LogP contribution in [0.3, 0.4) is 0 Å². The Bertz CT molecular complexity index is 741. The van der Waals surface area contributed by atoms with Crippen LogP contribution in [0.15, 0.2) is 29.2 Å². The molecule has 1 saturated heterocycles. The number of methoxy groups -OCH3 is 1. The van der Waals surface area contributed by atoms with E-state index in [-0.39, 0.29) is 29.3 Å². The van der Waals surface area contributed by atoms with Gasteiger partial charge in [0.2, 0.25) is 15.9 Å². The number of nitrogens with zero attached hydrogens (tertiary/aromatic N) is 1. The quantitative estimate of drug-likeness (QED) is 0.763. The normalized spacial score (nSPS) is 26.1. The summed E-state index contributed by atoms with van der Waals surface area (Å²) in [5.41, 5.74) is 6.10. The highest BCUT2D eigenvalue weighted by Gasteiger charge is 2.43. The number of carbonyl (C=O) groups is 1. The summed E-state index contributed by atoms with van der Waals surface area (Å²) in [7, 11) is -2.25. The molecule has 3 unspecified atom stereocenters. The number of benzene rings is 1. The number of hydrogen-bond donors (Lipinski definition) is 2. The molecule has 3 N–H and O–H groups in total. The molecule has 1 heterocycles. The van der Waals surface area contributed by atoms with E-state index in [0.29, 0.717) is 30.7 Å². The Morgan fingerprint density at radius 3 is 2.50 bits per heavy atom. The van der Waals surface area contributed by atoms with Crippen molar-refractivity contribution in [2.24, 2.45) is 17.6 Å². The lowest BCUT2D eigenvalue weighted by atomic mass is 9.98. The van der Waals surface area contributed by atoms with Crippen LogP contribution in [0.2, 0.25) is 0 Å². The van der Waals surface area contributed by atoms with Crippen molar-refractivity contribution in [2.75, 3.05) is 20.2 Å². The van der Waals surface area contributed by atoms with Crippen molar-refractivity contribution in [3.8, 4) is 5.75 Å². The number of fused-ring (bicyclic) bond motifs is 1. The number of amides is 1. The minimum Gasteiger partial charge on any atom is -0.497 e. The van der Waals surface area contributed by atoms with E-state index in [1.165, 1.54) is 19.2 Å². The molecule has 1 aromatic rings. The zero-order valence-electron chi connectivity index (χ0n) is 14.9. The molecule has 7 nitrogen and oxygen atoms in total. The van der Waals surface area contributed by atoms with Crippen LogP contribution in [0.4, 0.5) is 0 Å². The SMILES string of the molecule is COc1ccc(S(=O)(=O)N[C@@H](C)C(=O)N2CC3CCC(N)C3C2)cc1.Cl. The van der Waals surface area contributed by atoms with E-state index >= 15 is 0 Å². The molecule has 146 valence electrons. The Kier molecular flexibility index (Phi) is 6.55. The Balaban J connectivity index is 0.00000243. The predicted octanol–water partition coefficient (Wildman–Crippen LogP) is 0.979. The molecular weight excluding hydrogens is 378 g/mol. The van der Waals surface area contributed by atoms with Crippen molar-refractivity contribution < 1.29 is 17.9 Å². The second-order valence-corrected chi connectivity index (χ2v) is 8.64. The van der Waals surface area contributed by atoms with E-state index in [1.54, 1.807) is 24.0 Å². The first-order chi connectivity index (χ1) is 11.8. The first-order valence-electron chi connectivity index (χ1n) is 8.52. The van der Waals surface area contributed by atoms with E-state index in [2.05, 4.69) is 4.72 Å². The average Bonchev–Trinajstić information content (AvgIpc) is 3.16. The summed E-state index contributed by atoms with van der Waals surface area (Å²) in [4.78, 5) is 14.5. The number of carbonyl (C=O) groups excluding carboxylic acids is 1. The highest BCUT2D eigenvalue weighted by molar-refractivity contribution is 7.89. The lowest BCUT2D eigenvalue weighted by Crippen LogP contribution is -2.46. The van der Waals surface area contributed by atoms with Crippen molar-refractivity contribution in [1.29, 1.82) is 0 Å². The van der Waals surface area contributed by atoms with Gasteiger partial charge < -0.3 is 15.4 Å². The number of likely N-dealkylation sites (tertiary alicyclic amines) is 1. The summed E-state index contributed by atoms with van der Waals surface area (Å²) < 4.78 is 32.4. The molecule has 9 heteroatoms. The Hall–Kier alpha value is -1.35. The molecule has 3 rings (SSSR count). The van der Waals surface area contributed by atoms with Gasteiger partial charge in [0.05, 0.1) is 18.0 Å². The highest BCUT2D eigenvalue weighted by Crippen LogP contribution is 2.37. The van der Waals surface area contributed by atoms with Crippen LogP contribution in [-0.4, -0.2) is 51.5 Å². The molecule has 4 atom stereocenters. The first-order valence-corrected chi connectivity index (χ1v) is 10.0. The summed E-state index contributed by atoms with van der Waals surface area (Å²) in [6.45, 7) is 2.88. The Morgan fingerprint density at radius 1 is 1.27 bits per heavy atom. The van der Waals surface area contributed by atoms with Crippen LogP contribution in [0, 0.1) is 11.8 Å². The third-order valence-electron chi connectivity index (χ3n) is 5.30. The van der Waals surface area contributed by atoms with Crippen LogP contribution in [0.25, 0.3) is 0 Å². The van der Waals surface area contributed by atoms with Gasteiger partial charge in [-0.15, -0.1) is 12.4 Å². The highest BCUT2D eigenvalue weighted by atomic mass is 35.5. The van der Waals surface area contributed by atoms with Crippen LogP contribution < -0.4 is 15.2 Å². The maximum Gasteiger partial charge on any atom is 0.241 e. The number of nitrogens with two attached hydrogens (primary N) is 1. The van der Waals surface area contributed by atoms with Gasteiger partial charge in [0.1, 0.15) is 5.75 Å². The lowest BCUT2D eigenvalue weighted by Gasteiger charge is -2.23. The summed E-state index contributed by atoms with van der Waals surface area (Å²) >= 11 is 0. The van der Waals surface area contributed by atoms with E-state index in [4.69, 9.17) is 10.5 Å². The molecule has 2 aliphatic rings. The van der Waals surface area contributed by atoms with Gasteiger partial charge in [0, 0.05) is 19.1 Å². The smallest absolute Gasteiger partial charge is 0.241 e. The number of nitrogens with one attached hydrogen (secondary N) is 1. The van der Waals surface area contributed by atoms with Crippen LogP contribution in [-0.2, 0) is 14.8 Å². The van der Waals surface area contributed by atoms with E-state index in [1.807, 2.05) is 0 Å². The molecule has 1 saturated carbocycles. The summed E-state index contributed by atoms with van der Waals surface area (Å²) in [6, 6.07) is 5.39. The monoisotopic (exact) mass is 403 g/mol. The van der Waals surface area contributed by atoms with Crippen molar-refractivity contribution in [3.63, 3.8) is 0 Å². The molecule has 26 heavy (non-hydrogen) atoms. The molecule has 0 bridgehead atoms. The van der Waals surface area contributed by atoms with E-state index in [0.717, 1.165) is 12.8 Å². The van der Waals surface area contributed by atoms with Gasteiger partial charge in [-0.2, -0.15) is 4.72 Å². The molecule has 0 spiro atoms. The fourth-order valence-electron chi connectivity index (χ4n) is 3.87. The van der Waals surface area contributed by atoms with Gasteiger partial charge in [0.15, 0.2) is 0 Å². The number of hydrogen-bond acceptors (Lipinski definition) is 5. The molecule has 2 fully saturated rings. The van der Waals surface area contributed by atoms with Gasteiger partial charge >= 0.3 is 0 Å². The van der Waals surface area contributed by atoms with Crippen molar-refractivity contribution in [2.45, 2.75) is 36.7 Å². The molecule has 1 amide bonds. The van der Waals surface area contributed by atoms with E-state index < -0.39 is 16.1 Å². The predicted molar refractivity (Wildman–Crippen MR) is 101 cm³/mol. The topological polar surface area (TPSA) is 102 Å². The Morgan fingerprint density at radius 2 is 1.92 bits per heavy atom. The van der Waals surface area contributed by atoms with Crippen molar-refractivity contribution in [3.05, 3.63) is 24.3 Å². The van der Waals surface area contributed by atoms with Gasteiger partial charge in [-0.05, 0) is 55.9 Å². The number of sulfonamides is 1. The average molecular weight is 404 g/mol. The minimum absolute atomic E-state index is 0. The summed E-state index contributed by atoms with van der Waals surface area (Å²) in [6.07, 6.45) is 2.05. The fourth-order valence-corrected chi connectivity index (χ4v) is 5.06. The maximum absolute atomic E-state index is 12.6. The minimum atomic E-state index is -3.77. The molecular formula is C17H26ClN3O4S. The van der Waals surface area contributed by atoms with Gasteiger partial charge in [0.25, 0.3) is 0 Å². The fraction of sp³-hybridized carbons (Fsp3) is 0.588. The Labute approximate surface area is 160 Å². The molecule has 1 aromatic carbocycles. The second-order valence-electron chi connectivity index (χ2n) is 6.93. The largest absolute Gasteiger partial charge is 0.497 e. The van der Waals surface area contributed by atoms with Crippen LogP contribution in [0.1, 0.15) is 19.8 Å². The number of ether oxygens (including phenoxy) is 1. The van der Waals surface area contributed by atoms with Crippen molar-refractivity contribution >= 4 is 28.3 Å². The zero-order chi connectivity index (χ0) is 18.2. The zero-order valence-corrected chi connectivity index (χ0v) is 16.6. The van der Waals surface area contributed by atoms with Gasteiger partial charge in [-0.3, -0.25) is 4.79 Å². The third-order valence-corrected chi connectivity index (χ3v) is 6.85. The maximum atomic E-state index is 12.6. The molecule has 1 aliphatic heterocycles. The number of rotatable bonds is 5. The number of halogens is 1. The first kappa shape index (κ1) is 21.0. The van der Waals surface area contributed by atoms with Crippen molar-refractivity contribution in [1.82, 2.24) is 9.62 Å². The van der Waals surface area contributed by atoms with Crippen LogP contribution in [0.5, 0.6) is 5.75 Å². The third kappa shape index (κ3) is 4.14. The van der Waals surface area contributed by atoms with Crippen LogP contribution >= 0.6 is 12.4 Å². The summed E-state index contributed by atoms with van der Waals surface area (Å²) in [5.74, 6) is 1.17. The molecule has 0 aromatic heterocycles. The molecule has 0 radical (unpaired) electrons. The molecule has 1 aliphatic carbocycles. The lowest BCUT2D eigenvalue weighted by molar-refractivity contribution is -0.131. The van der Waals surface area contributed by atoms with E-state index in [9.17, 15) is 13.2 Å². The van der Waals surface area contributed by atoms with Gasteiger partial charge in [-0.25, -0.2) is 8.42 Å². The summed E-state index contributed by atoms with van der Waals surface area (Å²) in [5, 5.41) is 0.